The quantitative estimate of drug-likeness (QED) is 0.525. The van der Waals surface area contributed by atoms with Crippen molar-refractivity contribution in [2.24, 2.45) is 4.99 Å². The van der Waals surface area contributed by atoms with Crippen LogP contribution in [0.1, 0.15) is 11.1 Å². The van der Waals surface area contributed by atoms with Gasteiger partial charge in [0.05, 0.1) is 19.2 Å². The molecular formula is C19H14ClF2NO5. The molecule has 0 aromatic heterocycles. The third-order valence-electron chi connectivity index (χ3n) is 3.70. The minimum atomic E-state index is -3.06. The van der Waals surface area contributed by atoms with Gasteiger partial charge >= 0.3 is 12.6 Å². The van der Waals surface area contributed by atoms with E-state index in [4.69, 9.17) is 25.8 Å². The number of alkyl halides is 2. The van der Waals surface area contributed by atoms with Gasteiger partial charge in [-0.3, -0.25) is 0 Å². The van der Waals surface area contributed by atoms with Crippen molar-refractivity contribution in [2.75, 3.05) is 14.2 Å². The highest BCUT2D eigenvalue weighted by Crippen LogP contribution is 2.38. The van der Waals surface area contributed by atoms with Crippen LogP contribution in [0.25, 0.3) is 6.08 Å². The number of esters is 1. The largest absolute Gasteiger partial charge is 0.497 e. The number of hydrogen-bond donors (Lipinski definition) is 0. The Morgan fingerprint density at radius 3 is 2.64 bits per heavy atom. The number of carbonyl (C=O) groups excluding carboxylic acids is 1. The van der Waals surface area contributed by atoms with Crippen molar-refractivity contribution < 1.29 is 32.5 Å². The third-order valence-corrected chi connectivity index (χ3v) is 3.98. The summed E-state index contributed by atoms with van der Waals surface area (Å²) in [5.41, 5.74) is 0.969. The molecule has 1 aliphatic rings. The molecule has 0 aliphatic carbocycles. The summed E-state index contributed by atoms with van der Waals surface area (Å²) in [5.74, 6) is -0.273. The van der Waals surface area contributed by atoms with Crippen molar-refractivity contribution in [1.29, 1.82) is 0 Å². The number of nitrogens with zero attached hydrogens (tertiary/aromatic N) is 1. The van der Waals surface area contributed by atoms with Crippen molar-refractivity contribution in [1.82, 2.24) is 0 Å². The second-order valence-corrected chi connectivity index (χ2v) is 5.89. The van der Waals surface area contributed by atoms with Gasteiger partial charge in [-0.1, -0.05) is 17.7 Å². The number of benzene rings is 2. The van der Waals surface area contributed by atoms with Crippen LogP contribution in [0.5, 0.6) is 17.2 Å². The lowest BCUT2D eigenvalue weighted by Gasteiger charge is -2.12. The molecule has 0 fully saturated rings. The Morgan fingerprint density at radius 2 is 1.96 bits per heavy atom. The van der Waals surface area contributed by atoms with E-state index < -0.39 is 12.6 Å². The molecule has 0 radical (unpaired) electrons. The van der Waals surface area contributed by atoms with Gasteiger partial charge in [0.1, 0.15) is 5.75 Å². The van der Waals surface area contributed by atoms with Gasteiger partial charge in [0.2, 0.25) is 5.90 Å². The van der Waals surface area contributed by atoms with E-state index >= 15 is 0 Å². The molecule has 0 saturated carbocycles. The molecule has 2 aromatic rings. The summed E-state index contributed by atoms with van der Waals surface area (Å²) in [6.07, 6.45) is 1.40. The maximum absolute atomic E-state index is 12.5. The Morgan fingerprint density at radius 1 is 1.18 bits per heavy atom. The SMILES string of the molecule is COc1cccc(C2=N/C(=C\c3cc(Cl)c(OC(F)F)c(OC)c3)C(=O)O2)c1. The topological polar surface area (TPSA) is 66.3 Å². The Bertz CT molecular complexity index is 975. The Labute approximate surface area is 163 Å². The van der Waals surface area contributed by atoms with Crippen LogP contribution in [-0.4, -0.2) is 32.7 Å². The van der Waals surface area contributed by atoms with Crippen LogP contribution in [0.3, 0.4) is 0 Å². The third kappa shape index (κ3) is 4.23. The van der Waals surface area contributed by atoms with Crippen molar-refractivity contribution in [2.45, 2.75) is 6.61 Å². The number of methoxy groups -OCH3 is 2. The molecule has 9 heteroatoms. The molecule has 146 valence electrons. The molecular weight excluding hydrogens is 396 g/mol. The fourth-order valence-corrected chi connectivity index (χ4v) is 2.74. The molecule has 3 rings (SSSR count). The van der Waals surface area contributed by atoms with Crippen molar-refractivity contribution in [3.8, 4) is 17.2 Å². The number of cyclic esters (lactones) is 1. The van der Waals surface area contributed by atoms with Crippen LogP contribution >= 0.6 is 11.6 Å². The zero-order valence-corrected chi connectivity index (χ0v) is 15.5. The summed E-state index contributed by atoms with van der Waals surface area (Å²) in [7, 11) is 2.80. The first-order valence-electron chi connectivity index (χ1n) is 7.90. The number of aliphatic imine (C=N–C) groups is 1. The lowest BCUT2D eigenvalue weighted by Crippen LogP contribution is -2.05. The zero-order valence-electron chi connectivity index (χ0n) is 14.7. The van der Waals surface area contributed by atoms with Crippen LogP contribution in [0.2, 0.25) is 5.02 Å². The van der Waals surface area contributed by atoms with Gasteiger partial charge < -0.3 is 18.9 Å². The predicted molar refractivity (Wildman–Crippen MR) is 98.2 cm³/mol. The Balaban J connectivity index is 1.95. The second kappa shape index (κ2) is 8.26. The summed E-state index contributed by atoms with van der Waals surface area (Å²) in [5, 5.41) is -0.102. The maximum atomic E-state index is 12.5. The molecule has 0 bridgehead atoms. The molecule has 0 saturated heterocycles. The Hall–Kier alpha value is -3.13. The second-order valence-electron chi connectivity index (χ2n) is 5.48. The molecule has 28 heavy (non-hydrogen) atoms. The van der Waals surface area contributed by atoms with Gasteiger partial charge in [-0.2, -0.15) is 8.78 Å². The highest BCUT2D eigenvalue weighted by Gasteiger charge is 2.25. The lowest BCUT2D eigenvalue weighted by molar-refractivity contribution is -0.129. The van der Waals surface area contributed by atoms with Gasteiger partial charge in [-0.05, 0) is 42.0 Å². The van der Waals surface area contributed by atoms with Crippen LogP contribution < -0.4 is 14.2 Å². The van der Waals surface area contributed by atoms with Gasteiger partial charge in [-0.25, -0.2) is 9.79 Å². The number of ether oxygens (including phenoxy) is 4. The molecule has 6 nitrogen and oxygen atoms in total. The molecule has 0 atom stereocenters. The van der Waals surface area contributed by atoms with Gasteiger partial charge in [0.15, 0.2) is 17.2 Å². The van der Waals surface area contributed by atoms with E-state index in [1.165, 1.54) is 32.4 Å². The molecule has 2 aromatic carbocycles. The minimum Gasteiger partial charge on any atom is -0.497 e. The van der Waals surface area contributed by atoms with Gasteiger partial charge in [0.25, 0.3) is 0 Å². The number of rotatable bonds is 6. The van der Waals surface area contributed by atoms with Gasteiger partial charge in [0, 0.05) is 5.56 Å². The molecule has 0 spiro atoms. The van der Waals surface area contributed by atoms with Crippen LogP contribution in [0, 0.1) is 0 Å². The smallest absolute Gasteiger partial charge is 0.387 e. The molecule has 0 unspecified atom stereocenters. The average molecular weight is 410 g/mol. The summed E-state index contributed by atoms with van der Waals surface area (Å²) in [6.45, 7) is -3.06. The molecule has 0 N–H and O–H groups in total. The van der Waals surface area contributed by atoms with E-state index in [9.17, 15) is 13.6 Å². The van der Waals surface area contributed by atoms with Gasteiger partial charge in [-0.15, -0.1) is 0 Å². The number of carbonyl (C=O) groups is 1. The summed E-state index contributed by atoms with van der Waals surface area (Å²) in [6, 6.07) is 9.61. The van der Waals surface area contributed by atoms with Crippen LogP contribution in [-0.2, 0) is 9.53 Å². The normalized spacial score (nSPS) is 14.9. The van der Waals surface area contributed by atoms with Crippen molar-refractivity contribution in [3.05, 3.63) is 58.2 Å². The lowest BCUT2D eigenvalue weighted by atomic mass is 10.1. The fraction of sp³-hybridized carbons (Fsp3) is 0.158. The zero-order chi connectivity index (χ0) is 20.3. The molecule has 1 heterocycles. The average Bonchev–Trinajstić information content (AvgIpc) is 3.04. The van der Waals surface area contributed by atoms with Crippen LogP contribution in [0.15, 0.2) is 47.1 Å². The first-order valence-corrected chi connectivity index (χ1v) is 8.28. The monoisotopic (exact) mass is 409 g/mol. The fourth-order valence-electron chi connectivity index (χ4n) is 2.47. The maximum Gasteiger partial charge on any atom is 0.387 e. The summed E-state index contributed by atoms with van der Waals surface area (Å²) in [4.78, 5) is 16.3. The molecule has 1 aliphatic heterocycles. The highest BCUT2D eigenvalue weighted by molar-refractivity contribution is 6.32. The van der Waals surface area contributed by atoms with Crippen molar-refractivity contribution in [3.63, 3.8) is 0 Å². The summed E-state index contributed by atoms with van der Waals surface area (Å²) < 4.78 is 44.8. The summed E-state index contributed by atoms with van der Waals surface area (Å²) >= 11 is 6.00. The number of halogens is 3. The first-order chi connectivity index (χ1) is 13.4. The predicted octanol–water partition coefficient (Wildman–Crippen LogP) is 4.30. The molecule has 0 amide bonds. The van der Waals surface area contributed by atoms with E-state index in [2.05, 4.69) is 9.73 Å². The minimum absolute atomic E-state index is 0.0111. The highest BCUT2D eigenvalue weighted by atomic mass is 35.5. The van der Waals surface area contributed by atoms with Crippen molar-refractivity contribution >= 4 is 29.5 Å². The van der Waals surface area contributed by atoms with E-state index in [-0.39, 0.29) is 28.1 Å². The standard InChI is InChI=1S/C19H14ClF2NO5/c1-25-12-5-3-4-11(9-12)17-23-14(18(24)28-17)7-10-6-13(20)16(27-19(21)22)15(8-10)26-2/h3-9,19H,1-2H3/b14-7-. The van der Waals surface area contributed by atoms with E-state index in [1.807, 2.05) is 0 Å². The van der Waals surface area contributed by atoms with E-state index in [0.29, 0.717) is 16.9 Å². The van der Waals surface area contributed by atoms with Crippen LogP contribution in [0.4, 0.5) is 8.78 Å². The Kier molecular flexibility index (Phi) is 5.79. The number of hydrogen-bond acceptors (Lipinski definition) is 6. The first kappa shape index (κ1) is 19.6. The van der Waals surface area contributed by atoms with E-state index in [0.717, 1.165) is 0 Å². The van der Waals surface area contributed by atoms with E-state index in [1.54, 1.807) is 24.3 Å².